The van der Waals surface area contributed by atoms with Crippen LogP contribution < -0.4 is 10.6 Å². The zero-order valence-corrected chi connectivity index (χ0v) is 20.3. The van der Waals surface area contributed by atoms with Gasteiger partial charge in [0.05, 0.1) is 0 Å². The van der Waals surface area contributed by atoms with E-state index in [1.54, 1.807) is 0 Å². The van der Waals surface area contributed by atoms with E-state index < -0.39 is 0 Å². The predicted molar refractivity (Wildman–Crippen MR) is 133 cm³/mol. The maximum atomic E-state index is 5.00. The van der Waals surface area contributed by atoms with Gasteiger partial charge in [-0.25, -0.2) is 0 Å². The third-order valence-corrected chi connectivity index (χ3v) is 6.78. The maximum Gasteiger partial charge on any atom is 0.191 e. The Morgan fingerprint density at radius 2 is 1.81 bits per heavy atom. The quantitative estimate of drug-likeness (QED) is 0.483. The number of rotatable bonds is 8. The van der Waals surface area contributed by atoms with Crippen molar-refractivity contribution in [1.29, 1.82) is 0 Å². The minimum absolute atomic E-state index is 0.490. The van der Waals surface area contributed by atoms with Crippen LogP contribution in [0.2, 0.25) is 0 Å². The molecule has 0 aromatic heterocycles. The summed E-state index contributed by atoms with van der Waals surface area (Å²) in [5.41, 5.74) is 1.42. The van der Waals surface area contributed by atoms with Gasteiger partial charge in [0.1, 0.15) is 0 Å². The summed E-state index contributed by atoms with van der Waals surface area (Å²) in [6.07, 6.45) is 4.97. The first-order valence-corrected chi connectivity index (χ1v) is 12.6. The first-order valence-electron chi connectivity index (χ1n) is 12.6. The second kappa shape index (κ2) is 12.4. The Hall–Kier alpha value is -1.59. The molecule has 2 atom stereocenters. The van der Waals surface area contributed by atoms with Gasteiger partial charge in [0.25, 0.3) is 0 Å². The number of likely N-dealkylation sites (tertiary alicyclic amines) is 2. The van der Waals surface area contributed by atoms with E-state index in [0.717, 1.165) is 38.1 Å². The van der Waals surface area contributed by atoms with Crippen LogP contribution in [-0.2, 0) is 0 Å². The molecule has 0 aliphatic carbocycles. The van der Waals surface area contributed by atoms with Crippen LogP contribution in [0.3, 0.4) is 0 Å². The van der Waals surface area contributed by atoms with E-state index >= 15 is 0 Å². The van der Waals surface area contributed by atoms with Crippen LogP contribution >= 0.6 is 0 Å². The van der Waals surface area contributed by atoms with E-state index in [0.29, 0.717) is 18.0 Å². The summed E-state index contributed by atoms with van der Waals surface area (Å²) in [6, 6.07) is 11.9. The van der Waals surface area contributed by atoms with Gasteiger partial charge in [-0.15, -0.1) is 0 Å². The summed E-state index contributed by atoms with van der Waals surface area (Å²) in [4.78, 5) is 10.3. The largest absolute Gasteiger partial charge is 0.357 e. The lowest BCUT2D eigenvalue weighted by Crippen LogP contribution is -2.49. The minimum atomic E-state index is 0.490. The van der Waals surface area contributed by atoms with Crippen LogP contribution in [0.25, 0.3) is 0 Å². The third kappa shape index (κ3) is 7.80. The van der Waals surface area contributed by atoms with Crippen molar-refractivity contribution >= 4 is 5.96 Å². The molecule has 3 rings (SSSR count). The number of nitrogens with one attached hydrogen (secondary N) is 2. The summed E-state index contributed by atoms with van der Waals surface area (Å²) >= 11 is 0. The van der Waals surface area contributed by atoms with Crippen molar-refractivity contribution in [2.24, 2.45) is 16.8 Å². The Morgan fingerprint density at radius 1 is 1.06 bits per heavy atom. The second-order valence-corrected chi connectivity index (χ2v) is 9.92. The lowest BCUT2D eigenvalue weighted by atomic mass is 9.97. The summed E-state index contributed by atoms with van der Waals surface area (Å²) in [7, 11) is 0. The van der Waals surface area contributed by atoms with Crippen molar-refractivity contribution in [2.45, 2.75) is 65.5 Å². The van der Waals surface area contributed by atoms with Crippen LogP contribution in [0.1, 0.15) is 65.0 Å². The van der Waals surface area contributed by atoms with Gasteiger partial charge in [0.15, 0.2) is 5.96 Å². The predicted octanol–water partition coefficient (Wildman–Crippen LogP) is 4.14. The van der Waals surface area contributed by atoms with Crippen LogP contribution in [0.4, 0.5) is 0 Å². The van der Waals surface area contributed by atoms with Gasteiger partial charge in [-0.3, -0.25) is 9.89 Å². The number of guanidine groups is 1. The molecule has 1 aromatic carbocycles. The lowest BCUT2D eigenvalue weighted by Gasteiger charge is -2.37. The molecule has 2 aliphatic heterocycles. The van der Waals surface area contributed by atoms with Crippen molar-refractivity contribution in [3.8, 4) is 0 Å². The van der Waals surface area contributed by atoms with Gasteiger partial charge in [-0.1, -0.05) is 44.2 Å². The number of nitrogens with zero attached hydrogens (tertiary/aromatic N) is 3. The minimum Gasteiger partial charge on any atom is -0.357 e. The second-order valence-electron chi connectivity index (χ2n) is 9.92. The highest BCUT2D eigenvalue weighted by molar-refractivity contribution is 5.80. The summed E-state index contributed by atoms with van der Waals surface area (Å²) in [6.45, 7) is 17.0. The molecule has 5 nitrogen and oxygen atoms in total. The van der Waals surface area contributed by atoms with E-state index in [1.807, 2.05) is 0 Å². The number of hydrogen-bond donors (Lipinski definition) is 2. The third-order valence-electron chi connectivity index (χ3n) is 6.78. The van der Waals surface area contributed by atoms with E-state index in [-0.39, 0.29) is 0 Å². The zero-order chi connectivity index (χ0) is 22.1. The SMILES string of the molecule is CCNC(=NCC1CCCN(CC(C)C)C1)NC1CCN(C(C)c2ccccc2)CC1. The highest BCUT2D eigenvalue weighted by Crippen LogP contribution is 2.24. The summed E-state index contributed by atoms with van der Waals surface area (Å²) < 4.78 is 0. The van der Waals surface area contributed by atoms with Crippen LogP contribution in [0.5, 0.6) is 0 Å². The molecule has 2 saturated heterocycles. The molecule has 0 spiro atoms. The molecule has 0 bridgehead atoms. The maximum absolute atomic E-state index is 5.00. The number of hydrogen-bond acceptors (Lipinski definition) is 3. The fourth-order valence-electron chi connectivity index (χ4n) is 5.09. The smallest absolute Gasteiger partial charge is 0.191 e. The van der Waals surface area contributed by atoms with Gasteiger partial charge in [-0.2, -0.15) is 0 Å². The van der Waals surface area contributed by atoms with Gasteiger partial charge in [-0.05, 0) is 63.5 Å². The van der Waals surface area contributed by atoms with Crippen molar-refractivity contribution in [1.82, 2.24) is 20.4 Å². The Morgan fingerprint density at radius 3 is 2.48 bits per heavy atom. The highest BCUT2D eigenvalue weighted by Gasteiger charge is 2.24. The molecular formula is C26H45N5. The first-order chi connectivity index (χ1) is 15.0. The monoisotopic (exact) mass is 427 g/mol. The summed E-state index contributed by atoms with van der Waals surface area (Å²) in [5.74, 6) is 2.45. The van der Waals surface area contributed by atoms with Crippen LogP contribution in [0, 0.1) is 11.8 Å². The standard InChI is InChI=1S/C26H45N5/c1-5-27-26(28-18-23-10-9-15-30(20-23)19-21(2)3)29-25-13-16-31(17-14-25)22(4)24-11-7-6-8-12-24/h6-8,11-12,21-23,25H,5,9-10,13-20H2,1-4H3,(H2,27,28,29). The van der Waals surface area contributed by atoms with E-state index in [9.17, 15) is 0 Å². The first kappa shape index (κ1) is 24.1. The zero-order valence-electron chi connectivity index (χ0n) is 20.3. The van der Waals surface area contributed by atoms with E-state index in [2.05, 4.69) is 78.5 Å². The summed E-state index contributed by atoms with van der Waals surface area (Å²) in [5, 5.41) is 7.22. The Labute approximate surface area is 190 Å². The Balaban J connectivity index is 1.47. The number of benzene rings is 1. The molecule has 2 unspecified atom stereocenters. The molecule has 5 heteroatoms. The molecule has 0 amide bonds. The molecule has 2 fully saturated rings. The van der Waals surface area contributed by atoms with Gasteiger partial charge in [0.2, 0.25) is 0 Å². The lowest BCUT2D eigenvalue weighted by molar-refractivity contribution is 0.157. The molecule has 0 radical (unpaired) electrons. The highest BCUT2D eigenvalue weighted by atomic mass is 15.2. The molecular weight excluding hydrogens is 382 g/mol. The average molecular weight is 428 g/mol. The normalized spacial score (nSPS) is 23.1. The molecule has 2 N–H and O–H groups in total. The Bertz CT molecular complexity index is 651. The molecule has 2 heterocycles. The van der Waals surface area contributed by atoms with Gasteiger partial charge >= 0.3 is 0 Å². The molecule has 0 saturated carbocycles. The van der Waals surface area contributed by atoms with Crippen LogP contribution in [0.15, 0.2) is 35.3 Å². The number of aliphatic imine (C=N–C) groups is 1. The van der Waals surface area contributed by atoms with Gasteiger partial charge in [0, 0.05) is 51.4 Å². The van der Waals surface area contributed by atoms with Crippen molar-refractivity contribution in [3.63, 3.8) is 0 Å². The van der Waals surface area contributed by atoms with Crippen LogP contribution in [-0.4, -0.2) is 67.6 Å². The molecule has 2 aliphatic rings. The molecule has 174 valence electrons. The topological polar surface area (TPSA) is 42.9 Å². The van der Waals surface area contributed by atoms with Crippen molar-refractivity contribution in [2.75, 3.05) is 45.8 Å². The Kier molecular flexibility index (Phi) is 9.66. The average Bonchev–Trinajstić information content (AvgIpc) is 2.78. The van der Waals surface area contributed by atoms with E-state index in [4.69, 9.17) is 4.99 Å². The van der Waals surface area contributed by atoms with Gasteiger partial charge < -0.3 is 15.5 Å². The van der Waals surface area contributed by atoms with E-state index in [1.165, 1.54) is 50.9 Å². The van der Waals surface area contributed by atoms with Crippen molar-refractivity contribution < 1.29 is 0 Å². The number of piperidine rings is 2. The fourth-order valence-corrected chi connectivity index (χ4v) is 5.09. The molecule has 1 aromatic rings. The molecule has 31 heavy (non-hydrogen) atoms. The fraction of sp³-hybridized carbons (Fsp3) is 0.731. The van der Waals surface area contributed by atoms with Crippen molar-refractivity contribution in [3.05, 3.63) is 35.9 Å².